The zero-order valence-electron chi connectivity index (χ0n) is 12.2. The first-order valence-corrected chi connectivity index (χ1v) is 7.07. The van der Waals surface area contributed by atoms with E-state index >= 15 is 0 Å². The van der Waals surface area contributed by atoms with Gasteiger partial charge in [0.05, 0.1) is 6.61 Å². The number of aliphatic hydroxyl groups is 7. The molecule has 24 heavy (non-hydrogen) atoms. The first-order chi connectivity index (χ1) is 11.1. The summed E-state index contributed by atoms with van der Waals surface area (Å²) < 4.78 is 14.7. The molecule has 8 N–H and O–H groups in total. The molecule has 2 heterocycles. The Kier molecular flexibility index (Phi) is 6.09. The SMILES string of the molecule is O=C(O)[C@H]1O[C@@H](OC[C@H]2OC(O)[C@H](O)[C@@H](O)[C@H]2O)[C@H](O)[C@@H](O)[C@@H]1O. The molecule has 2 saturated heterocycles. The molecular weight excluding hydrogens is 336 g/mol. The van der Waals surface area contributed by atoms with Crippen molar-refractivity contribution in [2.75, 3.05) is 6.61 Å². The van der Waals surface area contributed by atoms with Crippen molar-refractivity contribution in [1.82, 2.24) is 0 Å². The third-order valence-corrected chi connectivity index (χ3v) is 3.92. The molecule has 12 heteroatoms. The maximum Gasteiger partial charge on any atom is 0.335 e. The summed E-state index contributed by atoms with van der Waals surface area (Å²) in [5, 5.41) is 75.8. The molecule has 0 aromatic carbocycles. The Morgan fingerprint density at radius 1 is 0.792 bits per heavy atom. The van der Waals surface area contributed by atoms with E-state index in [-0.39, 0.29) is 0 Å². The maximum absolute atomic E-state index is 11.0. The number of hydrogen-bond acceptors (Lipinski definition) is 11. The molecule has 0 aliphatic carbocycles. The number of hydrogen-bond donors (Lipinski definition) is 8. The smallest absolute Gasteiger partial charge is 0.335 e. The summed E-state index contributed by atoms with van der Waals surface area (Å²) in [7, 11) is 0. The Morgan fingerprint density at radius 2 is 1.38 bits per heavy atom. The van der Waals surface area contributed by atoms with E-state index in [1.54, 1.807) is 0 Å². The monoisotopic (exact) mass is 356 g/mol. The molecule has 0 amide bonds. The van der Waals surface area contributed by atoms with Gasteiger partial charge in [0.2, 0.25) is 0 Å². The zero-order chi connectivity index (χ0) is 18.2. The molecule has 0 spiro atoms. The largest absolute Gasteiger partial charge is 0.479 e. The molecule has 140 valence electrons. The number of ether oxygens (including phenoxy) is 3. The molecule has 12 nitrogen and oxygen atoms in total. The Labute approximate surface area is 135 Å². The van der Waals surface area contributed by atoms with Gasteiger partial charge >= 0.3 is 5.97 Å². The summed E-state index contributed by atoms with van der Waals surface area (Å²) in [6.07, 6.45) is -17.3. The maximum atomic E-state index is 11.0. The average Bonchev–Trinajstić information content (AvgIpc) is 2.54. The van der Waals surface area contributed by atoms with Gasteiger partial charge in [0.25, 0.3) is 0 Å². The van der Waals surface area contributed by atoms with E-state index in [2.05, 4.69) is 0 Å². The van der Waals surface area contributed by atoms with Crippen LogP contribution in [0.15, 0.2) is 0 Å². The Morgan fingerprint density at radius 3 is 1.96 bits per heavy atom. The minimum absolute atomic E-state index is 0.584. The third kappa shape index (κ3) is 3.67. The second-order valence-corrected chi connectivity index (χ2v) is 5.61. The molecule has 10 atom stereocenters. The van der Waals surface area contributed by atoms with Crippen LogP contribution in [0.3, 0.4) is 0 Å². The standard InChI is InChI=1S/C12H20O12/c13-3-2(23-11(21)7(17)4(3)14)1-22-12-8(18)5(15)6(16)9(24-12)10(19)20/h2-9,11-18,21H,1H2,(H,19,20)/t2-,3+,4+,5+,6+,7-,8-,9+,11?,12-/m1/s1. The number of rotatable bonds is 4. The Bertz CT molecular complexity index is 446. The van der Waals surface area contributed by atoms with E-state index in [1.165, 1.54) is 0 Å². The molecule has 2 rings (SSSR count). The van der Waals surface area contributed by atoms with Crippen molar-refractivity contribution in [3.63, 3.8) is 0 Å². The fourth-order valence-electron chi connectivity index (χ4n) is 2.45. The predicted molar refractivity (Wildman–Crippen MR) is 69.2 cm³/mol. The predicted octanol–water partition coefficient (Wildman–Crippen LogP) is -5.30. The van der Waals surface area contributed by atoms with Gasteiger partial charge in [-0.3, -0.25) is 0 Å². The van der Waals surface area contributed by atoms with Crippen LogP contribution >= 0.6 is 0 Å². The molecule has 2 fully saturated rings. The number of carbonyl (C=O) groups is 1. The Balaban J connectivity index is 1.98. The summed E-state index contributed by atoms with van der Waals surface area (Å²) in [6.45, 7) is -0.584. The van der Waals surface area contributed by atoms with Crippen molar-refractivity contribution in [3.8, 4) is 0 Å². The molecule has 1 unspecified atom stereocenters. The summed E-state index contributed by atoms with van der Waals surface area (Å²) in [6, 6.07) is 0. The van der Waals surface area contributed by atoms with Crippen LogP contribution < -0.4 is 0 Å². The van der Waals surface area contributed by atoms with Crippen molar-refractivity contribution in [3.05, 3.63) is 0 Å². The van der Waals surface area contributed by atoms with Crippen molar-refractivity contribution in [1.29, 1.82) is 0 Å². The quantitative estimate of drug-likeness (QED) is 0.238. The molecule has 0 aromatic rings. The van der Waals surface area contributed by atoms with Crippen molar-refractivity contribution in [2.45, 2.75) is 61.4 Å². The van der Waals surface area contributed by atoms with Crippen LogP contribution in [0, 0.1) is 0 Å². The number of aliphatic carboxylic acids is 1. The van der Waals surface area contributed by atoms with Gasteiger partial charge in [-0.25, -0.2) is 4.79 Å². The summed E-state index contributed by atoms with van der Waals surface area (Å²) >= 11 is 0. The molecule has 0 saturated carbocycles. The van der Waals surface area contributed by atoms with Crippen molar-refractivity contribution < 1.29 is 59.9 Å². The van der Waals surface area contributed by atoms with Gasteiger partial charge in [0.1, 0.15) is 42.7 Å². The molecule has 2 aliphatic rings. The van der Waals surface area contributed by atoms with E-state index < -0.39 is 74.0 Å². The van der Waals surface area contributed by atoms with Gasteiger partial charge in [0, 0.05) is 0 Å². The summed E-state index contributed by atoms with van der Waals surface area (Å²) in [4.78, 5) is 11.0. The van der Waals surface area contributed by atoms with E-state index in [4.69, 9.17) is 19.3 Å². The fourth-order valence-corrected chi connectivity index (χ4v) is 2.45. The van der Waals surface area contributed by atoms with E-state index in [0.717, 1.165) is 0 Å². The fraction of sp³-hybridized carbons (Fsp3) is 0.917. The Hall–Kier alpha value is -0.930. The minimum Gasteiger partial charge on any atom is -0.479 e. The number of carboxylic acids is 1. The molecule has 2 aliphatic heterocycles. The van der Waals surface area contributed by atoms with Crippen LogP contribution in [0.5, 0.6) is 0 Å². The number of aliphatic hydroxyl groups excluding tert-OH is 7. The highest BCUT2D eigenvalue weighted by Crippen LogP contribution is 2.25. The first-order valence-electron chi connectivity index (χ1n) is 7.07. The lowest BCUT2D eigenvalue weighted by Gasteiger charge is -2.41. The van der Waals surface area contributed by atoms with Crippen LogP contribution in [0.2, 0.25) is 0 Å². The van der Waals surface area contributed by atoms with Gasteiger partial charge in [-0.05, 0) is 0 Å². The highest BCUT2D eigenvalue weighted by molar-refractivity contribution is 5.73. The van der Waals surface area contributed by atoms with Gasteiger partial charge in [-0.15, -0.1) is 0 Å². The van der Waals surface area contributed by atoms with E-state index in [0.29, 0.717) is 0 Å². The van der Waals surface area contributed by atoms with Crippen molar-refractivity contribution in [2.24, 2.45) is 0 Å². The topological polar surface area (TPSA) is 207 Å². The second-order valence-electron chi connectivity index (χ2n) is 5.61. The molecule has 0 aromatic heterocycles. The van der Waals surface area contributed by atoms with Gasteiger partial charge in [-0.1, -0.05) is 0 Å². The van der Waals surface area contributed by atoms with Crippen LogP contribution in [-0.4, -0.2) is 115 Å². The van der Waals surface area contributed by atoms with Crippen LogP contribution in [-0.2, 0) is 19.0 Å². The lowest BCUT2D eigenvalue weighted by molar-refractivity contribution is -0.321. The number of carboxylic acid groups (broad SMARTS) is 1. The molecular formula is C12H20O12. The minimum atomic E-state index is -1.88. The highest BCUT2D eigenvalue weighted by Gasteiger charge is 2.49. The van der Waals surface area contributed by atoms with Crippen LogP contribution in [0.1, 0.15) is 0 Å². The van der Waals surface area contributed by atoms with Gasteiger partial charge in [0.15, 0.2) is 18.7 Å². The lowest BCUT2D eigenvalue weighted by atomic mass is 9.98. The summed E-state index contributed by atoms with van der Waals surface area (Å²) in [5.74, 6) is -1.59. The highest BCUT2D eigenvalue weighted by atomic mass is 16.7. The average molecular weight is 356 g/mol. The first kappa shape index (κ1) is 19.4. The molecule has 0 bridgehead atoms. The third-order valence-electron chi connectivity index (χ3n) is 3.92. The van der Waals surface area contributed by atoms with Crippen molar-refractivity contribution >= 4 is 5.97 Å². The normalized spacial score (nSPS) is 49.8. The van der Waals surface area contributed by atoms with Gasteiger partial charge in [-0.2, -0.15) is 0 Å². The van der Waals surface area contributed by atoms with Crippen LogP contribution in [0.25, 0.3) is 0 Å². The second kappa shape index (κ2) is 7.53. The van der Waals surface area contributed by atoms with E-state index in [1.807, 2.05) is 0 Å². The lowest BCUT2D eigenvalue weighted by Crippen LogP contribution is -2.62. The zero-order valence-corrected chi connectivity index (χ0v) is 12.2. The van der Waals surface area contributed by atoms with E-state index in [9.17, 15) is 40.5 Å². The van der Waals surface area contributed by atoms with Gasteiger partial charge < -0.3 is 55.1 Å². The molecule has 0 radical (unpaired) electrons. The van der Waals surface area contributed by atoms with Crippen LogP contribution in [0.4, 0.5) is 0 Å². The summed E-state index contributed by atoms with van der Waals surface area (Å²) in [5.41, 5.74) is 0.